The highest BCUT2D eigenvalue weighted by molar-refractivity contribution is 5.98. The molecule has 0 N–H and O–H groups in total. The van der Waals surface area contributed by atoms with Crippen molar-refractivity contribution in [3.05, 3.63) is 82.7 Å². The number of amides is 1. The van der Waals surface area contributed by atoms with Gasteiger partial charge in [0.2, 0.25) is 0 Å². The number of esters is 1. The summed E-state index contributed by atoms with van der Waals surface area (Å²) in [5.41, 5.74) is 0.0308. The number of benzene rings is 2. The highest BCUT2D eigenvalue weighted by Gasteiger charge is 2.31. The van der Waals surface area contributed by atoms with Crippen molar-refractivity contribution in [2.45, 2.75) is 26.4 Å². The quantitative estimate of drug-likeness (QED) is 0.288. The van der Waals surface area contributed by atoms with Crippen LogP contribution >= 0.6 is 0 Å². The Hall–Kier alpha value is -3.95. The fourth-order valence-corrected chi connectivity index (χ4v) is 2.93. The number of rotatable bonds is 7. The van der Waals surface area contributed by atoms with Gasteiger partial charge in [-0.15, -0.1) is 0 Å². The highest BCUT2D eigenvalue weighted by Crippen LogP contribution is 2.31. The molecule has 33 heavy (non-hydrogen) atoms. The van der Waals surface area contributed by atoms with Gasteiger partial charge in [0, 0.05) is 0 Å². The van der Waals surface area contributed by atoms with Gasteiger partial charge in [-0.25, -0.2) is 4.79 Å². The molecule has 10 heteroatoms. The van der Waals surface area contributed by atoms with E-state index in [2.05, 4.69) is 10.3 Å². The zero-order valence-electron chi connectivity index (χ0n) is 17.8. The summed E-state index contributed by atoms with van der Waals surface area (Å²) in [5.74, 6) is -1.43. The molecule has 0 aliphatic rings. The molecule has 2 aromatic carbocycles. The topological polar surface area (TPSA) is 85.0 Å². The molecule has 0 fully saturated rings. The van der Waals surface area contributed by atoms with Crippen molar-refractivity contribution in [2.75, 3.05) is 11.6 Å². The van der Waals surface area contributed by atoms with Gasteiger partial charge < -0.3 is 9.26 Å². The number of alkyl halides is 3. The number of carbonyl (C=O) groups is 2. The first-order chi connectivity index (χ1) is 15.7. The largest absolute Gasteiger partial charge is 0.452 e. The van der Waals surface area contributed by atoms with Crippen LogP contribution in [0, 0.1) is 6.92 Å². The first kappa shape index (κ1) is 23.7. The number of halogens is 3. The predicted molar refractivity (Wildman–Crippen MR) is 114 cm³/mol. The zero-order chi connectivity index (χ0) is 24.0. The Bertz CT molecular complexity index is 1160. The Labute approximate surface area is 187 Å². The highest BCUT2D eigenvalue weighted by atomic mass is 19.4. The first-order valence-corrected chi connectivity index (χ1v) is 9.92. The van der Waals surface area contributed by atoms with E-state index in [1.165, 1.54) is 19.2 Å². The summed E-state index contributed by atoms with van der Waals surface area (Å²) in [5, 5.41) is 8.57. The van der Waals surface area contributed by atoms with Crippen LogP contribution in [0.3, 0.4) is 0 Å². The Morgan fingerprint density at radius 2 is 1.88 bits per heavy atom. The van der Waals surface area contributed by atoms with Gasteiger partial charge in [0.15, 0.2) is 6.61 Å². The number of carbonyl (C=O) groups excluding carboxylic acids is 2. The minimum Gasteiger partial charge on any atom is -0.452 e. The summed E-state index contributed by atoms with van der Waals surface area (Å²) in [4.78, 5) is 25.3. The lowest BCUT2D eigenvalue weighted by molar-refractivity contribution is -0.137. The fourth-order valence-electron chi connectivity index (χ4n) is 2.93. The summed E-state index contributed by atoms with van der Waals surface area (Å²) in [7, 11) is 0. The van der Waals surface area contributed by atoms with Crippen molar-refractivity contribution >= 4 is 23.8 Å². The molecule has 1 amide bonds. The maximum atomic E-state index is 13.2. The average Bonchev–Trinajstić information content (AvgIpc) is 3.18. The number of anilines is 1. The zero-order valence-corrected chi connectivity index (χ0v) is 17.8. The van der Waals surface area contributed by atoms with Crippen LogP contribution in [0.15, 0.2) is 64.2 Å². The number of aromatic nitrogens is 1. The molecular weight excluding hydrogens is 439 g/mol. The number of hydrazone groups is 1. The fraction of sp³-hybridized carbons (Fsp3) is 0.217. The van der Waals surface area contributed by atoms with Crippen molar-refractivity contribution in [3.63, 3.8) is 0 Å². The van der Waals surface area contributed by atoms with E-state index in [-0.39, 0.29) is 17.0 Å². The Morgan fingerprint density at radius 3 is 2.55 bits per heavy atom. The molecule has 3 aromatic rings. The molecule has 0 atom stereocenters. The second-order valence-electron chi connectivity index (χ2n) is 6.90. The molecule has 172 valence electrons. The second-order valence-corrected chi connectivity index (χ2v) is 6.90. The molecule has 0 spiro atoms. The van der Waals surface area contributed by atoms with E-state index in [1.807, 2.05) is 0 Å². The van der Waals surface area contributed by atoms with Crippen LogP contribution in [0.1, 0.15) is 39.9 Å². The van der Waals surface area contributed by atoms with Gasteiger partial charge in [0.25, 0.3) is 5.91 Å². The molecular formula is C23H20F3N3O4. The maximum Gasteiger partial charge on any atom is 0.416 e. The lowest BCUT2D eigenvalue weighted by Gasteiger charge is -2.18. The van der Waals surface area contributed by atoms with Crippen LogP contribution in [0.25, 0.3) is 0 Å². The van der Waals surface area contributed by atoms with Crippen LogP contribution in [-0.4, -0.2) is 29.9 Å². The number of hydrogen-bond donors (Lipinski definition) is 0. The van der Waals surface area contributed by atoms with Crippen molar-refractivity contribution in [1.82, 2.24) is 5.16 Å². The number of ether oxygens (including phenoxy) is 1. The molecule has 0 radical (unpaired) electrons. The van der Waals surface area contributed by atoms with E-state index in [4.69, 9.17) is 9.26 Å². The van der Waals surface area contributed by atoms with Gasteiger partial charge in [-0.1, -0.05) is 48.5 Å². The Kier molecular flexibility index (Phi) is 7.27. The standard InChI is InChI=1S/C23H20F3N3O4/c1-3-19-21(15(2)33-28-19)22(31)32-14-20(30)29(27-13-16-8-5-4-6-9-16)18-11-7-10-17(12-18)23(24,25)26/h4-13H,3,14H2,1-2H3/b27-13+. The number of aryl methyl sites for hydroxylation is 2. The summed E-state index contributed by atoms with van der Waals surface area (Å²) < 4.78 is 49.6. The van der Waals surface area contributed by atoms with Crippen molar-refractivity contribution < 1.29 is 32.0 Å². The molecule has 3 rings (SSSR count). The Balaban J connectivity index is 1.86. The van der Waals surface area contributed by atoms with Gasteiger partial charge in [0.05, 0.1) is 23.2 Å². The third kappa shape index (κ3) is 5.85. The van der Waals surface area contributed by atoms with Crippen LogP contribution in [0.5, 0.6) is 0 Å². The van der Waals surface area contributed by atoms with Crippen molar-refractivity contribution in [1.29, 1.82) is 0 Å². The summed E-state index contributed by atoms with van der Waals surface area (Å²) in [6.45, 7) is 2.55. The summed E-state index contributed by atoms with van der Waals surface area (Å²) in [6.07, 6.45) is -2.88. The van der Waals surface area contributed by atoms with E-state index >= 15 is 0 Å². The summed E-state index contributed by atoms with van der Waals surface area (Å²) >= 11 is 0. The van der Waals surface area contributed by atoms with Crippen LogP contribution in [-0.2, 0) is 22.1 Å². The summed E-state index contributed by atoms with van der Waals surface area (Å²) in [6, 6.07) is 12.8. The van der Waals surface area contributed by atoms with Gasteiger partial charge >= 0.3 is 12.1 Å². The Morgan fingerprint density at radius 1 is 1.15 bits per heavy atom. The molecule has 1 heterocycles. The van der Waals surface area contributed by atoms with E-state index in [1.54, 1.807) is 37.3 Å². The van der Waals surface area contributed by atoms with E-state index in [0.717, 1.165) is 23.2 Å². The molecule has 0 unspecified atom stereocenters. The third-order valence-electron chi connectivity index (χ3n) is 4.58. The van der Waals surface area contributed by atoms with Crippen LogP contribution in [0.2, 0.25) is 0 Å². The first-order valence-electron chi connectivity index (χ1n) is 9.92. The van der Waals surface area contributed by atoms with E-state index < -0.39 is 30.2 Å². The molecule has 0 saturated carbocycles. The number of nitrogens with zero attached hydrogens (tertiary/aromatic N) is 3. The van der Waals surface area contributed by atoms with Gasteiger partial charge in [-0.2, -0.15) is 23.3 Å². The lowest BCUT2D eigenvalue weighted by Crippen LogP contribution is -2.31. The molecule has 0 saturated heterocycles. The molecule has 0 aliphatic carbocycles. The van der Waals surface area contributed by atoms with Crippen molar-refractivity contribution in [3.8, 4) is 0 Å². The minimum atomic E-state index is -4.61. The van der Waals surface area contributed by atoms with E-state index in [0.29, 0.717) is 17.7 Å². The maximum absolute atomic E-state index is 13.2. The normalized spacial score (nSPS) is 11.5. The molecule has 7 nitrogen and oxygen atoms in total. The van der Waals surface area contributed by atoms with Gasteiger partial charge in [-0.05, 0) is 37.1 Å². The average molecular weight is 459 g/mol. The minimum absolute atomic E-state index is 0.115. The monoisotopic (exact) mass is 459 g/mol. The SMILES string of the molecule is CCc1noc(C)c1C(=O)OCC(=O)N(/N=C/c1ccccc1)c1cccc(C(F)(F)F)c1. The van der Waals surface area contributed by atoms with Crippen molar-refractivity contribution in [2.24, 2.45) is 5.10 Å². The van der Waals surface area contributed by atoms with Crippen LogP contribution < -0.4 is 5.01 Å². The molecule has 1 aromatic heterocycles. The van der Waals surface area contributed by atoms with Gasteiger partial charge in [0.1, 0.15) is 11.3 Å². The molecule has 0 bridgehead atoms. The lowest BCUT2D eigenvalue weighted by atomic mass is 10.1. The molecule has 0 aliphatic heterocycles. The van der Waals surface area contributed by atoms with Gasteiger partial charge in [-0.3, -0.25) is 4.79 Å². The third-order valence-corrected chi connectivity index (χ3v) is 4.58. The second kappa shape index (κ2) is 10.1. The predicted octanol–water partition coefficient (Wildman–Crippen LogP) is 4.79. The van der Waals surface area contributed by atoms with Crippen LogP contribution in [0.4, 0.5) is 18.9 Å². The smallest absolute Gasteiger partial charge is 0.416 e. The number of hydrogen-bond acceptors (Lipinski definition) is 6. The van der Waals surface area contributed by atoms with E-state index in [9.17, 15) is 22.8 Å².